The molecule has 0 aliphatic rings. The third kappa shape index (κ3) is 8.93. The van der Waals surface area contributed by atoms with Crippen LogP contribution in [0.1, 0.15) is 0 Å². The van der Waals surface area contributed by atoms with Crippen molar-refractivity contribution in [2.45, 2.75) is 0 Å². The van der Waals surface area contributed by atoms with Gasteiger partial charge in [-0.05, 0) is 0 Å². The molecular formula is BaInOTi+7. The molecule has 1 nitrogen and oxygen atoms in total. The van der Waals surface area contributed by atoms with Crippen LogP contribution >= 0.6 is 0 Å². The van der Waals surface area contributed by atoms with Gasteiger partial charge in [-0.15, -0.1) is 0 Å². The molecule has 0 bridgehead atoms. The molecule has 0 aromatic heterocycles. The predicted molar refractivity (Wildman–Crippen MR) is 12.2 cm³/mol. The smallest absolute Gasteiger partial charge is 2.00 e. The molecule has 4 heteroatoms. The first-order valence-corrected chi connectivity index (χ1v) is 0. The predicted octanol–water partition coefficient (Wildman–Crippen LogP) is -0.883. The van der Waals surface area contributed by atoms with Crippen LogP contribution in [0.2, 0.25) is 0 Å². The van der Waals surface area contributed by atoms with Gasteiger partial charge in [0.05, 0.1) is 0 Å². The van der Waals surface area contributed by atoms with Crippen LogP contribution in [0.25, 0.3) is 0 Å². The Balaban J connectivity index is 0. The number of rotatable bonds is 0. The van der Waals surface area contributed by atoms with E-state index in [1.54, 1.807) is 0 Å². The molecule has 0 heterocycles. The minimum absolute atomic E-state index is 0. The molecule has 0 saturated heterocycles. The molecule has 0 rings (SSSR count). The van der Waals surface area contributed by atoms with Crippen molar-refractivity contribution in [2.24, 2.45) is 0 Å². The van der Waals surface area contributed by atoms with Gasteiger partial charge in [-0.1, -0.05) is 0 Å². The molecular weight excluding hydrogens is 316 g/mol. The van der Waals surface area contributed by atoms with Gasteiger partial charge in [0.25, 0.3) is 0 Å². The summed E-state index contributed by atoms with van der Waals surface area (Å²) in [7, 11) is 0. The number of hydrogen-bond acceptors (Lipinski definition) is 0. The summed E-state index contributed by atoms with van der Waals surface area (Å²) >= 11 is 0. The normalized spacial score (nSPS) is 0. The van der Waals surface area contributed by atoms with E-state index >= 15 is 0 Å². The second-order valence-corrected chi connectivity index (χ2v) is 0. The van der Waals surface area contributed by atoms with Gasteiger partial charge in [0.1, 0.15) is 0 Å². The van der Waals surface area contributed by atoms with E-state index in [1.165, 1.54) is 0 Å². The van der Waals surface area contributed by atoms with Gasteiger partial charge in [-0.25, -0.2) is 0 Å². The molecule has 4 heavy (non-hydrogen) atoms. The van der Waals surface area contributed by atoms with Crippen LogP contribution < -0.4 is 0 Å². The monoisotopic (exact) mass is 317 g/mol. The van der Waals surface area contributed by atoms with E-state index in [9.17, 15) is 0 Å². The van der Waals surface area contributed by atoms with Gasteiger partial charge >= 0.3 is 96.4 Å². The standard InChI is InChI=1S/Ba.In.O.Ti/q+2;+3;-2;+4. The number of hydrogen-bond donors (Lipinski definition) is 0. The van der Waals surface area contributed by atoms with E-state index < -0.39 is 0 Å². The third-order valence-electron chi connectivity index (χ3n) is 0. The Morgan fingerprint density at radius 2 is 1.00 bits per heavy atom. The van der Waals surface area contributed by atoms with Gasteiger partial charge in [-0.3, -0.25) is 0 Å². The Morgan fingerprint density at radius 1 is 1.00 bits per heavy atom. The van der Waals surface area contributed by atoms with Crippen molar-refractivity contribution in [1.82, 2.24) is 0 Å². The van der Waals surface area contributed by atoms with Crippen molar-refractivity contribution in [3.8, 4) is 0 Å². The van der Waals surface area contributed by atoms with E-state index in [4.69, 9.17) is 0 Å². The molecule has 0 aromatic carbocycles. The molecule has 0 spiro atoms. The van der Waals surface area contributed by atoms with Crippen LogP contribution in [-0.4, -0.2) is 74.7 Å². The van der Waals surface area contributed by atoms with Crippen molar-refractivity contribution in [1.29, 1.82) is 0 Å². The molecule has 0 aliphatic heterocycles. The molecule has 0 aliphatic carbocycles. The third-order valence-corrected chi connectivity index (χ3v) is 0. The second-order valence-electron chi connectivity index (χ2n) is 0. The van der Waals surface area contributed by atoms with E-state index in [0.29, 0.717) is 0 Å². The topological polar surface area (TPSA) is 28.5 Å². The molecule has 8 valence electrons. The molecule has 0 fully saturated rings. The van der Waals surface area contributed by atoms with Gasteiger partial charge in [0.2, 0.25) is 0 Å². The molecule has 0 saturated carbocycles. The quantitative estimate of drug-likeness (QED) is 0.519. The van der Waals surface area contributed by atoms with Gasteiger partial charge in [0, 0.05) is 0 Å². The minimum Gasteiger partial charge on any atom is -2.00 e. The fourth-order valence-corrected chi connectivity index (χ4v) is 0. The summed E-state index contributed by atoms with van der Waals surface area (Å²) in [5.41, 5.74) is 0. The van der Waals surface area contributed by atoms with E-state index in [0.717, 1.165) is 0 Å². The summed E-state index contributed by atoms with van der Waals surface area (Å²) in [5.74, 6) is 0. The Labute approximate surface area is 99.3 Å². The maximum absolute atomic E-state index is 0. The Kier molecular flexibility index (Phi) is 113. The van der Waals surface area contributed by atoms with E-state index in [-0.39, 0.29) is 102 Å². The zero-order chi connectivity index (χ0) is 0. The van der Waals surface area contributed by atoms with Crippen LogP contribution in [0.15, 0.2) is 0 Å². The Morgan fingerprint density at radius 3 is 1.00 bits per heavy atom. The first-order valence-electron chi connectivity index (χ1n) is 0. The summed E-state index contributed by atoms with van der Waals surface area (Å²) in [4.78, 5) is 0. The molecule has 0 amide bonds. The molecule has 0 N–H and O–H groups in total. The zero-order valence-electron chi connectivity index (χ0n) is 2.19. The Bertz CT molecular complexity index is 8.00. The van der Waals surface area contributed by atoms with Crippen molar-refractivity contribution >= 4 is 74.7 Å². The maximum Gasteiger partial charge on any atom is 4.00 e. The molecule has 0 unspecified atom stereocenters. The van der Waals surface area contributed by atoms with Crippen molar-refractivity contribution in [3.63, 3.8) is 0 Å². The van der Waals surface area contributed by atoms with Crippen LogP contribution in [0, 0.1) is 0 Å². The summed E-state index contributed by atoms with van der Waals surface area (Å²) in [6.45, 7) is 0. The second kappa shape index (κ2) is 16.5. The van der Waals surface area contributed by atoms with E-state index in [2.05, 4.69) is 0 Å². The van der Waals surface area contributed by atoms with E-state index in [1.807, 2.05) is 0 Å². The summed E-state index contributed by atoms with van der Waals surface area (Å²) < 4.78 is 0. The minimum atomic E-state index is 0. The fraction of sp³-hybridized carbons (Fsp3) is 0. The van der Waals surface area contributed by atoms with Crippen LogP contribution in [0.4, 0.5) is 0 Å². The SMILES string of the molecule is [Ba+2].[In+3].[O-2].[Ti+4]. The summed E-state index contributed by atoms with van der Waals surface area (Å²) in [5, 5.41) is 0. The van der Waals surface area contributed by atoms with Crippen molar-refractivity contribution < 1.29 is 27.2 Å². The average Bonchev–Trinajstić information content (AvgIpc) is 0. The largest absolute Gasteiger partial charge is 4.00 e. The van der Waals surface area contributed by atoms with Gasteiger partial charge in [-0.2, -0.15) is 0 Å². The van der Waals surface area contributed by atoms with Crippen molar-refractivity contribution in [2.75, 3.05) is 0 Å². The first kappa shape index (κ1) is 27.4. The Hall–Kier alpha value is 3.12. The molecule has 0 atom stereocenters. The van der Waals surface area contributed by atoms with Crippen LogP contribution in [-0.2, 0) is 27.2 Å². The average molecular weight is 316 g/mol. The molecule has 0 radical (unpaired) electrons. The van der Waals surface area contributed by atoms with Crippen LogP contribution in [0.5, 0.6) is 0 Å². The van der Waals surface area contributed by atoms with Gasteiger partial charge in [0.15, 0.2) is 0 Å². The fourth-order valence-electron chi connectivity index (χ4n) is 0. The van der Waals surface area contributed by atoms with Crippen molar-refractivity contribution in [3.05, 3.63) is 0 Å². The zero-order valence-corrected chi connectivity index (χ0v) is 11.5. The first-order chi connectivity index (χ1) is 0. The summed E-state index contributed by atoms with van der Waals surface area (Å²) in [6, 6.07) is 0. The molecule has 0 aromatic rings. The maximum atomic E-state index is 0. The summed E-state index contributed by atoms with van der Waals surface area (Å²) in [6.07, 6.45) is 0. The van der Waals surface area contributed by atoms with Gasteiger partial charge < -0.3 is 5.48 Å². The van der Waals surface area contributed by atoms with Crippen LogP contribution in [0.3, 0.4) is 0 Å².